The third kappa shape index (κ3) is 4.65. The van der Waals surface area contributed by atoms with E-state index in [1.165, 1.54) is 6.07 Å². The van der Waals surface area contributed by atoms with Crippen molar-refractivity contribution < 1.29 is 13.9 Å². The maximum atomic E-state index is 11.5. The average Bonchev–Trinajstić information content (AvgIpc) is 3.22. The maximum absolute atomic E-state index is 11.5. The Hall–Kier alpha value is -3.26. The molecule has 8 heteroatoms. The van der Waals surface area contributed by atoms with Gasteiger partial charge in [-0.15, -0.1) is 5.10 Å². The third-order valence-corrected chi connectivity index (χ3v) is 5.45. The van der Waals surface area contributed by atoms with Crippen LogP contribution in [0.1, 0.15) is 12.0 Å². The molecular formula is C22H21N3O4S. The topological polar surface area (TPSA) is 90.2 Å². The number of thioether (sulfide) groups is 1. The zero-order valence-electron chi connectivity index (χ0n) is 16.7. The number of H-pyrrole nitrogens is 1. The number of rotatable bonds is 8. The van der Waals surface area contributed by atoms with Crippen molar-refractivity contribution in [2.45, 2.75) is 18.5 Å². The van der Waals surface area contributed by atoms with Crippen molar-refractivity contribution in [1.82, 2.24) is 15.2 Å². The van der Waals surface area contributed by atoms with Crippen molar-refractivity contribution in [3.8, 4) is 22.9 Å². The van der Waals surface area contributed by atoms with Gasteiger partial charge in [0.25, 0.3) is 0 Å². The molecule has 0 saturated carbocycles. The minimum absolute atomic E-state index is 0.353. The Kier molecular flexibility index (Phi) is 6.04. The number of aromatic nitrogens is 3. The molecule has 0 aliphatic carbocycles. The summed E-state index contributed by atoms with van der Waals surface area (Å²) in [5.74, 6) is 2.98. The van der Waals surface area contributed by atoms with E-state index in [9.17, 15) is 4.79 Å². The molecule has 0 atom stereocenters. The lowest BCUT2D eigenvalue weighted by atomic mass is 10.1. The molecule has 7 nitrogen and oxygen atoms in total. The number of hydrogen-bond acceptors (Lipinski definition) is 7. The average molecular weight is 423 g/mol. The van der Waals surface area contributed by atoms with Gasteiger partial charge in [0.1, 0.15) is 17.1 Å². The SMILES string of the molecule is COc1cccc(-c2nc(SCCCOc3ccc4c(C)cc(=O)oc4c3)n[nH]2)c1. The van der Waals surface area contributed by atoms with Crippen LogP contribution < -0.4 is 15.1 Å². The first-order valence-electron chi connectivity index (χ1n) is 9.49. The van der Waals surface area contributed by atoms with Crippen LogP contribution in [0.4, 0.5) is 0 Å². The highest BCUT2D eigenvalue weighted by Crippen LogP contribution is 2.24. The first-order chi connectivity index (χ1) is 14.6. The number of aryl methyl sites for hydroxylation is 1. The van der Waals surface area contributed by atoms with E-state index in [1.807, 2.05) is 43.3 Å². The van der Waals surface area contributed by atoms with Gasteiger partial charge in [0, 0.05) is 28.8 Å². The van der Waals surface area contributed by atoms with Gasteiger partial charge in [-0.2, -0.15) is 0 Å². The van der Waals surface area contributed by atoms with Gasteiger partial charge in [-0.05, 0) is 43.2 Å². The largest absolute Gasteiger partial charge is 0.497 e. The molecule has 0 spiro atoms. The smallest absolute Gasteiger partial charge is 0.336 e. The van der Waals surface area contributed by atoms with Crippen LogP contribution in [-0.4, -0.2) is 34.7 Å². The summed E-state index contributed by atoms with van der Waals surface area (Å²) < 4.78 is 16.3. The van der Waals surface area contributed by atoms with Crippen LogP contribution in [0, 0.1) is 6.92 Å². The van der Waals surface area contributed by atoms with Crippen LogP contribution in [0.15, 0.2) is 62.9 Å². The van der Waals surface area contributed by atoms with Crippen molar-refractivity contribution >= 4 is 22.7 Å². The van der Waals surface area contributed by atoms with Crippen LogP contribution in [0.5, 0.6) is 11.5 Å². The predicted octanol–water partition coefficient (Wildman–Crippen LogP) is 4.46. The fourth-order valence-corrected chi connectivity index (χ4v) is 3.73. The second-order valence-corrected chi connectivity index (χ2v) is 7.72. The Balaban J connectivity index is 1.28. The molecule has 154 valence electrons. The molecule has 4 aromatic rings. The number of ether oxygens (including phenoxy) is 2. The minimum atomic E-state index is -0.353. The fraction of sp³-hybridized carbons (Fsp3) is 0.227. The van der Waals surface area contributed by atoms with Crippen LogP contribution >= 0.6 is 11.8 Å². The Labute approximate surface area is 177 Å². The zero-order valence-corrected chi connectivity index (χ0v) is 17.5. The van der Waals surface area contributed by atoms with Crippen LogP contribution in [0.3, 0.4) is 0 Å². The second kappa shape index (κ2) is 9.04. The molecule has 0 amide bonds. The van der Waals surface area contributed by atoms with Gasteiger partial charge in [-0.3, -0.25) is 5.10 Å². The van der Waals surface area contributed by atoms with Crippen molar-refractivity contribution in [1.29, 1.82) is 0 Å². The lowest BCUT2D eigenvalue weighted by molar-refractivity contribution is 0.318. The van der Waals surface area contributed by atoms with E-state index < -0.39 is 0 Å². The molecule has 0 saturated heterocycles. The minimum Gasteiger partial charge on any atom is -0.497 e. The Morgan fingerprint density at radius 1 is 1.13 bits per heavy atom. The van der Waals surface area contributed by atoms with Gasteiger partial charge in [0.15, 0.2) is 5.82 Å². The van der Waals surface area contributed by atoms with Gasteiger partial charge >= 0.3 is 5.63 Å². The number of hydrogen-bond donors (Lipinski definition) is 1. The first-order valence-corrected chi connectivity index (χ1v) is 10.5. The van der Waals surface area contributed by atoms with Crippen molar-refractivity contribution in [2.75, 3.05) is 19.5 Å². The van der Waals surface area contributed by atoms with E-state index in [0.717, 1.165) is 34.4 Å². The highest BCUT2D eigenvalue weighted by Gasteiger charge is 2.08. The molecule has 30 heavy (non-hydrogen) atoms. The molecule has 1 N–H and O–H groups in total. The quantitative estimate of drug-likeness (QED) is 0.254. The molecule has 0 aliphatic heterocycles. The second-order valence-electron chi connectivity index (χ2n) is 6.66. The van der Waals surface area contributed by atoms with E-state index in [2.05, 4.69) is 15.2 Å². The van der Waals surface area contributed by atoms with Gasteiger partial charge < -0.3 is 13.9 Å². The zero-order chi connectivity index (χ0) is 20.9. The van der Waals surface area contributed by atoms with Crippen LogP contribution in [0.2, 0.25) is 0 Å². The molecular weight excluding hydrogens is 402 g/mol. The van der Waals surface area contributed by atoms with Crippen LogP contribution in [-0.2, 0) is 0 Å². The summed E-state index contributed by atoms with van der Waals surface area (Å²) >= 11 is 1.56. The van der Waals surface area contributed by atoms with Crippen molar-refractivity contribution in [3.05, 3.63) is 64.5 Å². The van der Waals surface area contributed by atoms with Gasteiger partial charge in [-0.25, -0.2) is 9.78 Å². The molecule has 0 fully saturated rings. The van der Waals surface area contributed by atoms with Crippen molar-refractivity contribution in [3.63, 3.8) is 0 Å². The first kappa shape index (κ1) is 20.0. The normalized spacial score (nSPS) is 11.0. The highest BCUT2D eigenvalue weighted by molar-refractivity contribution is 7.99. The number of benzene rings is 2. The van der Waals surface area contributed by atoms with E-state index in [1.54, 1.807) is 24.9 Å². The molecule has 0 unspecified atom stereocenters. The number of aromatic amines is 1. The molecule has 0 bridgehead atoms. The standard InChI is InChI=1S/C22H21N3O4S/c1-14-11-20(26)29-19-13-17(7-8-18(14)19)28-9-4-10-30-22-23-21(24-25-22)15-5-3-6-16(12-15)27-2/h3,5-8,11-13H,4,9-10H2,1-2H3,(H,23,24,25). The summed E-state index contributed by atoms with van der Waals surface area (Å²) in [6, 6.07) is 14.7. The summed E-state index contributed by atoms with van der Waals surface area (Å²) in [7, 11) is 1.64. The van der Waals surface area contributed by atoms with Gasteiger partial charge in [-0.1, -0.05) is 23.9 Å². The summed E-state index contributed by atoms with van der Waals surface area (Å²) in [4.78, 5) is 16.1. The van der Waals surface area contributed by atoms with E-state index in [0.29, 0.717) is 28.9 Å². The lowest BCUT2D eigenvalue weighted by Crippen LogP contribution is -2.00. The monoisotopic (exact) mass is 423 g/mol. The number of methoxy groups -OCH3 is 1. The Bertz CT molecular complexity index is 1220. The molecule has 2 aromatic heterocycles. The highest BCUT2D eigenvalue weighted by atomic mass is 32.2. The number of nitrogens with one attached hydrogen (secondary N) is 1. The van der Waals surface area contributed by atoms with Crippen LogP contribution in [0.25, 0.3) is 22.4 Å². The lowest BCUT2D eigenvalue weighted by Gasteiger charge is -2.07. The molecule has 4 rings (SSSR count). The maximum Gasteiger partial charge on any atom is 0.336 e. The summed E-state index contributed by atoms with van der Waals surface area (Å²) in [5.41, 5.74) is 2.00. The van der Waals surface area contributed by atoms with E-state index in [-0.39, 0.29) is 5.63 Å². The Morgan fingerprint density at radius 2 is 2.03 bits per heavy atom. The Morgan fingerprint density at radius 3 is 2.90 bits per heavy atom. The van der Waals surface area contributed by atoms with Gasteiger partial charge in [0.2, 0.25) is 5.16 Å². The fourth-order valence-electron chi connectivity index (χ4n) is 3.02. The summed E-state index contributed by atoms with van der Waals surface area (Å²) in [6.07, 6.45) is 0.823. The van der Waals surface area contributed by atoms with E-state index in [4.69, 9.17) is 13.9 Å². The van der Waals surface area contributed by atoms with E-state index >= 15 is 0 Å². The number of nitrogens with zero attached hydrogens (tertiary/aromatic N) is 2. The van der Waals surface area contributed by atoms with Crippen molar-refractivity contribution in [2.24, 2.45) is 0 Å². The summed E-state index contributed by atoms with van der Waals surface area (Å²) in [6.45, 7) is 2.43. The third-order valence-electron chi connectivity index (χ3n) is 4.52. The predicted molar refractivity (Wildman–Crippen MR) is 116 cm³/mol. The molecule has 2 heterocycles. The van der Waals surface area contributed by atoms with Gasteiger partial charge in [0.05, 0.1) is 13.7 Å². The summed E-state index contributed by atoms with van der Waals surface area (Å²) in [5, 5.41) is 8.82. The number of fused-ring (bicyclic) bond motifs is 1. The molecule has 0 radical (unpaired) electrons. The molecule has 2 aromatic carbocycles. The molecule has 0 aliphatic rings.